The molecule has 1 rings (SSSR count). The van der Waals surface area contributed by atoms with Crippen molar-refractivity contribution >= 4 is 26.9 Å². The van der Waals surface area contributed by atoms with Crippen LogP contribution in [0.15, 0.2) is 4.99 Å². The van der Waals surface area contributed by atoms with Gasteiger partial charge in [0.1, 0.15) is 6.10 Å². The quantitative estimate of drug-likeness (QED) is 0.0467. The Morgan fingerprint density at radius 2 is 1.54 bits per heavy atom. The third-order valence-electron chi connectivity index (χ3n) is 8.86. The van der Waals surface area contributed by atoms with Crippen molar-refractivity contribution in [3.05, 3.63) is 0 Å². The van der Waals surface area contributed by atoms with Crippen LogP contribution in [0, 0.1) is 16.2 Å². The fourth-order valence-corrected chi connectivity index (χ4v) is 9.89. The molecule has 0 bridgehead atoms. The van der Waals surface area contributed by atoms with Crippen molar-refractivity contribution in [1.29, 1.82) is 0 Å². The molecule has 10 nitrogen and oxygen atoms in total. The van der Waals surface area contributed by atoms with Gasteiger partial charge < -0.3 is 28.6 Å². The second-order valence-corrected chi connectivity index (χ2v) is 17.7. The molecular weight excluding hydrogens is 602 g/mol. The number of isocyanates is 1. The predicted molar refractivity (Wildman–Crippen MR) is 185 cm³/mol. The zero-order chi connectivity index (χ0) is 34.7. The Labute approximate surface area is 281 Å². The Hall–Kier alpha value is -1.78. The zero-order valence-electron chi connectivity index (χ0n) is 30.7. The molecule has 11 heteroatoms. The predicted octanol–water partition coefficient (Wildman–Crippen LogP) is 7.72. The molecule has 0 aliphatic heterocycles. The highest BCUT2D eigenvalue weighted by molar-refractivity contribution is 6.60. The normalized spacial score (nSPS) is 20.4. The molecular formula is C35H67N3O7Si. The van der Waals surface area contributed by atoms with E-state index in [-0.39, 0.29) is 34.3 Å². The van der Waals surface area contributed by atoms with Crippen LogP contribution in [0.3, 0.4) is 0 Å². The number of carbonyl (C=O) groups is 2. The maximum Gasteiger partial charge on any atom is 0.500 e. The van der Waals surface area contributed by atoms with Crippen molar-refractivity contribution in [2.75, 3.05) is 32.9 Å². The average Bonchev–Trinajstić information content (AvgIpc) is 2.96. The van der Waals surface area contributed by atoms with E-state index in [0.29, 0.717) is 45.4 Å². The first-order valence-electron chi connectivity index (χ1n) is 17.9. The van der Waals surface area contributed by atoms with Crippen LogP contribution in [0.5, 0.6) is 0 Å². The van der Waals surface area contributed by atoms with Crippen molar-refractivity contribution in [1.82, 2.24) is 10.6 Å². The molecule has 1 aliphatic carbocycles. The van der Waals surface area contributed by atoms with Crippen molar-refractivity contribution in [3.8, 4) is 0 Å². The van der Waals surface area contributed by atoms with Gasteiger partial charge in [0.25, 0.3) is 0 Å². The maximum absolute atomic E-state index is 12.9. The summed E-state index contributed by atoms with van der Waals surface area (Å²) in [6.07, 6.45) is 11.2. The molecule has 0 heterocycles. The van der Waals surface area contributed by atoms with Gasteiger partial charge in [-0.25, -0.2) is 14.6 Å². The van der Waals surface area contributed by atoms with Crippen LogP contribution < -0.4 is 10.6 Å². The summed E-state index contributed by atoms with van der Waals surface area (Å²) < 4.78 is 23.9. The van der Waals surface area contributed by atoms with Gasteiger partial charge in [0.05, 0.1) is 6.04 Å². The number of unbranched alkanes of at least 4 members (excludes halogenated alkanes) is 3. The van der Waals surface area contributed by atoms with Gasteiger partial charge in [-0.15, -0.1) is 0 Å². The monoisotopic (exact) mass is 669 g/mol. The van der Waals surface area contributed by atoms with E-state index >= 15 is 0 Å². The SMILES string of the molecule is CCCCCC(CCCCC(=O)NCC(C)(C)CC[Si](OCC)(OCC)OCC)OC(=O)NCC1(C)CC(N=C=O)CC(C)(C)C1. The van der Waals surface area contributed by atoms with E-state index in [0.717, 1.165) is 70.6 Å². The molecule has 0 aromatic carbocycles. The second kappa shape index (κ2) is 21.2. The zero-order valence-corrected chi connectivity index (χ0v) is 31.7. The summed E-state index contributed by atoms with van der Waals surface area (Å²) in [4.78, 5) is 40.5. The number of amides is 2. The van der Waals surface area contributed by atoms with Gasteiger partial charge in [-0.1, -0.05) is 54.4 Å². The van der Waals surface area contributed by atoms with E-state index in [1.807, 2.05) is 20.8 Å². The van der Waals surface area contributed by atoms with E-state index in [4.69, 9.17) is 18.0 Å². The molecule has 1 saturated carbocycles. The Balaban J connectivity index is 2.54. The van der Waals surface area contributed by atoms with Gasteiger partial charge in [0.15, 0.2) is 0 Å². The highest BCUT2D eigenvalue weighted by atomic mass is 28.4. The van der Waals surface area contributed by atoms with E-state index in [1.165, 1.54) is 0 Å². The molecule has 0 saturated heterocycles. The molecule has 3 unspecified atom stereocenters. The number of aliphatic imine (C=N–C) groups is 1. The molecule has 3 atom stereocenters. The number of rotatable bonds is 24. The number of nitrogens with zero attached hydrogens (tertiary/aromatic N) is 1. The Kier molecular flexibility index (Phi) is 19.5. The standard InChI is InChI=1S/C35H67N3O7Si/c1-10-14-15-18-30(45-32(41)37-27-35(9)24-29(38-28-39)23-34(7,8)25-35)19-16-17-20-31(40)36-26-33(5,6)21-22-46(42-11-2,43-12-3)44-13-4/h29-30H,10-27H2,1-9H3,(H,36,40)(H,37,41). The van der Waals surface area contributed by atoms with Gasteiger partial charge in [-0.05, 0) is 94.8 Å². The lowest BCUT2D eigenvalue weighted by atomic mass is 9.63. The fourth-order valence-electron chi connectivity index (χ4n) is 6.91. The van der Waals surface area contributed by atoms with E-state index < -0.39 is 14.9 Å². The minimum absolute atomic E-state index is 0.0264. The number of hydrogen-bond acceptors (Lipinski definition) is 8. The fraction of sp³-hybridized carbons (Fsp3) is 0.914. The van der Waals surface area contributed by atoms with Crippen LogP contribution in [0.25, 0.3) is 0 Å². The number of nitrogens with one attached hydrogen (secondary N) is 2. The molecule has 1 aliphatic rings. The lowest BCUT2D eigenvalue weighted by Crippen LogP contribution is -2.47. The van der Waals surface area contributed by atoms with E-state index in [9.17, 15) is 14.4 Å². The lowest BCUT2D eigenvalue weighted by Gasteiger charge is -2.45. The smallest absolute Gasteiger partial charge is 0.446 e. The van der Waals surface area contributed by atoms with Crippen LogP contribution in [0.4, 0.5) is 4.79 Å². The van der Waals surface area contributed by atoms with Gasteiger partial charge in [-0.3, -0.25) is 4.79 Å². The van der Waals surface area contributed by atoms with Crippen LogP contribution in [-0.4, -0.2) is 71.9 Å². The van der Waals surface area contributed by atoms with Crippen molar-refractivity contribution in [2.45, 2.75) is 158 Å². The summed E-state index contributed by atoms with van der Waals surface area (Å²) in [6.45, 7) is 21.5. The summed E-state index contributed by atoms with van der Waals surface area (Å²) in [5.41, 5.74) is -0.275. The maximum atomic E-state index is 12.9. The van der Waals surface area contributed by atoms with Crippen molar-refractivity contribution in [2.24, 2.45) is 21.2 Å². The molecule has 2 N–H and O–H groups in total. The Bertz CT molecular complexity index is 924. The minimum Gasteiger partial charge on any atom is -0.446 e. The molecule has 0 aromatic rings. The number of alkyl carbamates (subject to hydrolysis) is 1. The molecule has 268 valence electrons. The molecule has 46 heavy (non-hydrogen) atoms. The number of carbonyl (C=O) groups excluding carboxylic acids is 3. The number of ether oxygens (including phenoxy) is 1. The van der Waals surface area contributed by atoms with Crippen molar-refractivity contribution < 1.29 is 32.4 Å². The largest absolute Gasteiger partial charge is 0.500 e. The Morgan fingerprint density at radius 3 is 2.11 bits per heavy atom. The van der Waals surface area contributed by atoms with Gasteiger partial charge in [0.2, 0.25) is 12.0 Å². The van der Waals surface area contributed by atoms with Gasteiger partial charge in [-0.2, -0.15) is 0 Å². The third-order valence-corrected chi connectivity index (χ3v) is 11.9. The van der Waals surface area contributed by atoms with Crippen LogP contribution in [-0.2, 0) is 27.6 Å². The summed E-state index contributed by atoms with van der Waals surface area (Å²) in [5, 5.41) is 6.12. The first-order chi connectivity index (χ1) is 21.7. The minimum atomic E-state index is -2.72. The molecule has 0 radical (unpaired) electrons. The highest BCUT2D eigenvalue weighted by Crippen LogP contribution is 2.46. The number of hydrogen-bond donors (Lipinski definition) is 2. The van der Waals surface area contributed by atoms with Gasteiger partial charge >= 0.3 is 14.9 Å². The van der Waals surface area contributed by atoms with E-state index in [1.54, 1.807) is 6.08 Å². The third kappa shape index (κ3) is 17.4. The topological polar surface area (TPSA) is 125 Å². The second-order valence-electron chi connectivity index (χ2n) is 15.0. The molecule has 2 amide bonds. The van der Waals surface area contributed by atoms with Crippen LogP contribution >= 0.6 is 0 Å². The van der Waals surface area contributed by atoms with Gasteiger partial charge in [0, 0.05) is 45.4 Å². The molecule has 1 fully saturated rings. The summed E-state index contributed by atoms with van der Waals surface area (Å²) >= 11 is 0. The van der Waals surface area contributed by atoms with E-state index in [2.05, 4.69) is 57.2 Å². The van der Waals surface area contributed by atoms with Crippen molar-refractivity contribution in [3.63, 3.8) is 0 Å². The first kappa shape index (κ1) is 42.2. The highest BCUT2D eigenvalue weighted by Gasteiger charge is 2.42. The average molecular weight is 670 g/mol. The van der Waals surface area contributed by atoms with Crippen LogP contribution in [0.2, 0.25) is 6.04 Å². The molecule has 0 aromatic heterocycles. The molecule has 0 spiro atoms. The Morgan fingerprint density at radius 1 is 0.935 bits per heavy atom. The lowest BCUT2D eigenvalue weighted by molar-refractivity contribution is -0.121. The summed E-state index contributed by atoms with van der Waals surface area (Å²) in [7, 11) is -2.72. The first-order valence-corrected chi connectivity index (χ1v) is 19.8. The van der Waals surface area contributed by atoms with Crippen LogP contribution in [0.1, 0.15) is 139 Å². The summed E-state index contributed by atoms with van der Waals surface area (Å²) in [6, 6.07) is 0.640. The summed E-state index contributed by atoms with van der Waals surface area (Å²) in [5.74, 6) is 0.0399.